The number of aromatic nitrogens is 2. The maximum atomic E-state index is 12.3. The molecule has 17 heavy (non-hydrogen) atoms. The van der Waals surface area contributed by atoms with E-state index in [1.165, 1.54) is 14.0 Å². The Kier molecular flexibility index (Phi) is 5.02. The highest BCUT2D eigenvalue weighted by atomic mass is 19.3. The minimum absolute atomic E-state index is 0.0808. The van der Waals surface area contributed by atoms with Gasteiger partial charge in [-0.1, -0.05) is 0 Å². The smallest absolute Gasteiger partial charge is 0.359 e. The van der Waals surface area contributed by atoms with Gasteiger partial charge in [-0.25, -0.2) is 9.48 Å². The number of esters is 1. The van der Waals surface area contributed by atoms with Gasteiger partial charge in [0.25, 0.3) is 0 Å². The lowest BCUT2D eigenvalue weighted by Crippen LogP contribution is -2.10. The van der Waals surface area contributed by atoms with Gasteiger partial charge in [-0.3, -0.25) is 0 Å². The van der Waals surface area contributed by atoms with Crippen LogP contribution in [-0.4, -0.2) is 36.1 Å². The molecule has 0 saturated heterocycles. The number of nitrogens with zero attached hydrogens (tertiary/aromatic N) is 2. The first-order chi connectivity index (χ1) is 8.06. The molecule has 0 aliphatic rings. The van der Waals surface area contributed by atoms with E-state index in [0.29, 0.717) is 23.3 Å². The number of hydrogen-bond donors (Lipinski definition) is 0. The van der Waals surface area contributed by atoms with Crippen LogP contribution >= 0.6 is 0 Å². The Balaban J connectivity index is 2.56. The summed E-state index contributed by atoms with van der Waals surface area (Å²) in [5.41, 5.74) is 0.282. The monoisotopic (exact) mass is 248 g/mol. The lowest BCUT2D eigenvalue weighted by molar-refractivity contribution is 0.0436. The molecule has 0 amide bonds. The van der Waals surface area contributed by atoms with Crippen LogP contribution in [0.3, 0.4) is 0 Å². The second-order valence-corrected chi connectivity index (χ2v) is 3.40. The Hall–Kier alpha value is -1.50. The fraction of sp³-hybridized carbons (Fsp3) is 0.600. The van der Waals surface area contributed by atoms with Gasteiger partial charge in [0.2, 0.25) is 0 Å². The Labute approximate surface area is 97.3 Å². The summed E-state index contributed by atoms with van der Waals surface area (Å²) in [6.07, 6.45) is 1.66. The summed E-state index contributed by atoms with van der Waals surface area (Å²) in [5.74, 6) is -0.696. The first-order valence-electron chi connectivity index (χ1n) is 5.06. The molecule has 0 aliphatic carbocycles. The van der Waals surface area contributed by atoms with Crippen LogP contribution < -0.4 is 0 Å². The molecule has 0 fully saturated rings. The largest absolute Gasteiger partial charge is 0.461 e. The highest BCUT2D eigenvalue weighted by Gasteiger charge is 2.18. The Bertz CT molecular complexity index is 380. The second kappa shape index (κ2) is 6.29. The fourth-order valence-corrected chi connectivity index (χ4v) is 1.22. The van der Waals surface area contributed by atoms with Crippen molar-refractivity contribution < 1.29 is 23.0 Å². The van der Waals surface area contributed by atoms with Crippen LogP contribution in [0.5, 0.6) is 0 Å². The number of carbonyl (C=O) groups excluding carboxylic acids is 1. The number of carbonyl (C=O) groups is 1. The molecular weight excluding hydrogens is 234 g/mol. The van der Waals surface area contributed by atoms with Gasteiger partial charge in [0.05, 0.1) is 6.61 Å². The standard InChI is InChI=1S/C10H14F2N2O3/c1-7-6-14(10(11)12)13-8(7)9(15)17-5-3-4-16-2/h6,10H,3-5H2,1-2H3. The lowest BCUT2D eigenvalue weighted by atomic mass is 10.3. The van der Waals surface area contributed by atoms with Crippen LogP contribution in [0.4, 0.5) is 8.78 Å². The zero-order valence-corrected chi connectivity index (χ0v) is 9.65. The SMILES string of the molecule is COCCCOC(=O)c1nn(C(F)F)cc1C. The van der Waals surface area contributed by atoms with E-state index in [1.807, 2.05) is 0 Å². The summed E-state index contributed by atoms with van der Waals surface area (Å²) < 4.78 is 34.7. The van der Waals surface area contributed by atoms with Crippen molar-refractivity contribution in [3.63, 3.8) is 0 Å². The molecule has 1 aromatic heterocycles. The van der Waals surface area contributed by atoms with E-state index >= 15 is 0 Å². The van der Waals surface area contributed by atoms with E-state index in [0.717, 1.165) is 6.20 Å². The zero-order chi connectivity index (χ0) is 12.8. The van der Waals surface area contributed by atoms with Crippen molar-refractivity contribution in [3.05, 3.63) is 17.5 Å². The van der Waals surface area contributed by atoms with E-state index in [1.54, 1.807) is 0 Å². The summed E-state index contributed by atoms with van der Waals surface area (Å²) >= 11 is 0. The van der Waals surface area contributed by atoms with Gasteiger partial charge in [-0.2, -0.15) is 13.9 Å². The molecule has 0 spiro atoms. The van der Waals surface area contributed by atoms with Crippen LogP contribution in [0.2, 0.25) is 0 Å². The molecule has 0 unspecified atom stereocenters. The summed E-state index contributed by atoms with van der Waals surface area (Å²) in [6.45, 7) is -0.591. The Morgan fingerprint density at radius 2 is 2.24 bits per heavy atom. The quantitative estimate of drug-likeness (QED) is 0.568. The molecule has 0 bridgehead atoms. The summed E-state index contributed by atoms with van der Waals surface area (Å²) in [6, 6.07) is 0. The molecule has 1 aromatic rings. The molecule has 0 atom stereocenters. The molecule has 0 aliphatic heterocycles. The molecular formula is C10H14F2N2O3. The van der Waals surface area contributed by atoms with Crippen molar-refractivity contribution in [2.45, 2.75) is 19.9 Å². The average Bonchev–Trinajstić information content (AvgIpc) is 2.67. The van der Waals surface area contributed by atoms with Crippen molar-refractivity contribution >= 4 is 5.97 Å². The van der Waals surface area contributed by atoms with Gasteiger partial charge in [-0.05, 0) is 6.92 Å². The highest BCUT2D eigenvalue weighted by molar-refractivity contribution is 5.88. The summed E-state index contributed by atoms with van der Waals surface area (Å²) in [7, 11) is 1.54. The molecule has 7 heteroatoms. The number of alkyl halides is 2. The first-order valence-corrected chi connectivity index (χ1v) is 5.06. The number of halogens is 2. The molecule has 0 aromatic carbocycles. The molecule has 96 valence electrons. The van der Waals surface area contributed by atoms with Gasteiger partial charge in [0.15, 0.2) is 5.69 Å². The van der Waals surface area contributed by atoms with Crippen LogP contribution in [0, 0.1) is 6.92 Å². The first kappa shape index (κ1) is 13.6. The molecule has 5 nitrogen and oxygen atoms in total. The molecule has 0 N–H and O–H groups in total. The van der Waals surface area contributed by atoms with Crippen molar-refractivity contribution in [3.8, 4) is 0 Å². The fourth-order valence-electron chi connectivity index (χ4n) is 1.22. The van der Waals surface area contributed by atoms with Crippen LogP contribution in [0.15, 0.2) is 6.20 Å². The van der Waals surface area contributed by atoms with Crippen molar-refractivity contribution in [2.75, 3.05) is 20.3 Å². The number of ether oxygens (including phenoxy) is 2. The van der Waals surface area contributed by atoms with Crippen LogP contribution in [0.1, 0.15) is 29.0 Å². The number of rotatable bonds is 6. The van der Waals surface area contributed by atoms with E-state index in [2.05, 4.69) is 5.10 Å². The van der Waals surface area contributed by atoms with Crippen LogP contribution in [0.25, 0.3) is 0 Å². The van der Waals surface area contributed by atoms with E-state index in [4.69, 9.17) is 9.47 Å². The van der Waals surface area contributed by atoms with Gasteiger partial charge in [0.1, 0.15) is 0 Å². The third kappa shape index (κ3) is 3.77. The Morgan fingerprint density at radius 3 is 2.76 bits per heavy atom. The lowest BCUT2D eigenvalue weighted by Gasteiger charge is -2.02. The average molecular weight is 248 g/mol. The van der Waals surface area contributed by atoms with Crippen molar-refractivity contribution in [2.24, 2.45) is 0 Å². The van der Waals surface area contributed by atoms with Gasteiger partial charge in [0, 0.05) is 31.9 Å². The number of methoxy groups -OCH3 is 1. The highest BCUT2D eigenvalue weighted by Crippen LogP contribution is 2.13. The van der Waals surface area contributed by atoms with Crippen molar-refractivity contribution in [1.29, 1.82) is 0 Å². The normalized spacial score (nSPS) is 10.9. The Morgan fingerprint density at radius 1 is 1.53 bits per heavy atom. The topological polar surface area (TPSA) is 53.4 Å². The minimum atomic E-state index is -2.76. The molecule has 1 heterocycles. The summed E-state index contributed by atoms with van der Waals surface area (Å²) in [5, 5.41) is 3.47. The number of hydrogen-bond acceptors (Lipinski definition) is 4. The summed E-state index contributed by atoms with van der Waals surface area (Å²) in [4.78, 5) is 11.5. The second-order valence-electron chi connectivity index (χ2n) is 3.40. The van der Waals surface area contributed by atoms with E-state index in [-0.39, 0.29) is 12.3 Å². The number of aryl methyl sites for hydroxylation is 1. The van der Waals surface area contributed by atoms with E-state index < -0.39 is 12.5 Å². The van der Waals surface area contributed by atoms with Crippen molar-refractivity contribution in [1.82, 2.24) is 9.78 Å². The van der Waals surface area contributed by atoms with Gasteiger partial charge >= 0.3 is 12.5 Å². The minimum Gasteiger partial charge on any atom is -0.461 e. The van der Waals surface area contributed by atoms with E-state index in [9.17, 15) is 13.6 Å². The predicted octanol–water partition coefficient (Wildman–Crippen LogP) is 1.78. The predicted molar refractivity (Wildman–Crippen MR) is 55.0 cm³/mol. The third-order valence-electron chi connectivity index (χ3n) is 2.03. The van der Waals surface area contributed by atoms with Crippen LogP contribution in [-0.2, 0) is 9.47 Å². The van der Waals surface area contributed by atoms with Gasteiger partial charge in [-0.15, -0.1) is 0 Å². The third-order valence-corrected chi connectivity index (χ3v) is 2.03. The molecule has 1 rings (SSSR count). The van der Waals surface area contributed by atoms with Gasteiger partial charge < -0.3 is 9.47 Å². The molecule has 0 saturated carbocycles. The maximum absolute atomic E-state index is 12.3. The zero-order valence-electron chi connectivity index (χ0n) is 9.65. The maximum Gasteiger partial charge on any atom is 0.359 e. The molecule has 0 radical (unpaired) electrons.